The standard InChI is InChI=1S/C6H5N3O2S/c10-6-8-5(9-11-6)1-4-2-7-3-12-4/h2-3H,1H2,(H,8,9,10). The summed E-state index contributed by atoms with van der Waals surface area (Å²) < 4.78 is 4.34. The van der Waals surface area contributed by atoms with Gasteiger partial charge in [-0.05, 0) is 0 Å². The summed E-state index contributed by atoms with van der Waals surface area (Å²) in [5.41, 5.74) is 1.73. The molecule has 0 aliphatic heterocycles. The molecule has 2 aromatic heterocycles. The summed E-state index contributed by atoms with van der Waals surface area (Å²) in [4.78, 5) is 17.9. The molecule has 0 atom stereocenters. The van der Waals surface area contributed by atoms with Crippen molar-refractivity contribution in [1.82, 2.24) is 15.1 Å². The molecule has 0 saturated carbocycles. The van der Waals surface area contributed by atoms with Crippen LogP contribution in [0.2, 0.25) is 0 Å². The van der Waals surface area contributed by atoms with Crippen molar-refractivity contribution in [1.29, 1.82) is 0 Å². The first-order valence-corrected chi connectivity index (χ1v) is 4.15. The smallest absolute Gasteiger partial charge is 0.296 e. The van der Waals surface area contributed by atoms with Gasteiger partial charge in [0.15, 0.2) is 5.82 Å². The summed E-state index contributed by atoms with van der Waals surface area (Å²) >= 11 is 1.51. The second-order valence-corrected chi connectivity index (χ2v) is 3.16. The number of hydrogen-bond acceptors (Lipinski definition) is 5. The molecule has 2 aromatic rings. The van der Waals surface area contributed by atoms with Crippen LogP contribution in [0.1, 0.15) is 10.7 Å². The molecule has 0 radical (unpaired) electrons. The van der Waals surface area contributed by atoms with Crippen molar-refractivity contribution >= 4 is 11.3 Å². The molecule has 2 heterocycles. The Hall–Kier alpha value is -1.43. The number of rotatable bonds is 2. The van der Waals surface area contributed by atoms with E-state index in [4.69, 9.17) is 0 Å². The lowest BCUT2D eigenvalue weighted by molar-refractivity contribution is 0.382. The summed E-state index contributed by atoms with van der Waals surface area (Å²) in [5.74, 6) is 0.0127. The van der Waals surface area contributed by atoms with E-state index < -0.39 is 5.76 Å². The number of H-pyrrole nitrogens is 1. The first-order valence-electron chi connectivity index (χ1n) is 3.27. The molecule has 2 rings (SSSR count). The molecule has 6 heteroatoms. The molecule has 0 aromatic carbocycles. The topological polar surface area (TPSA) is 71.8 Å². The Kier molecular flexibility index (Phi) is 1.75. The van der Waals surface area contributed by atoms with Gasteiger partial charge in [0.2, 0.25) is 0 Å². The minimum absolute atomic E-state index is 0.519. The van der Waals surface area contributed by atoms with E-state index in [1.807, 2.05) is 0 Å². The highest BCUT2D eigenvalue weighted by atomic mass is 32.1. The van der Waals surface area contributed by atoms with E-state index >= 15 is 0 Å². The number of thiazole rings is 1. The van der Waals surface area contributed by atoms with Crippen LogP contribution in [0.4, 0.5) is 0 Å². The van der Waals surface area contributed by atoms with Crippen LogP contribution in [-0.2, 0) is 6.42 Å². The van der Waals surface area contributed by atoms with Crippen LogP contribution in [-0.4, -0.2) is 15.1 Å². The number of aromatic amines is 1. The van der Waals surface area contributed by atoms with Gasteiger partial charge in [0, 0.05) is 17.5 Å². The minimum Gasteiger partial charge on any atom is -0.296 e. The second-order valence-electron chi connectivity index (χ2n) is 2.19. The Morgan fingerprint density at radius 1 is 1.67 bits per heavy atom. The van der Waals surface area contributed by atoms with Gasteiger partial charge in [0.05, 0.1) is 5.51 Å². The van der Waals surface area contributed by atoms with Gasteiger partial charge >= 0.3 is 5.76 Å². The van der Waals surface area contributed by atoms with Crippen LogP contribution < -0.4 is 5.76 Å². The highest BCUT2D eigenvalue weighted by molar-refractivity contribution is 7.09. The fourth-order valence-corrected chi connectivity index (χ4v) is 1.43. The predicted octanol–water partition coefficient (Wildman–Crippen LogP) is 0.410. The van der Waals surface area contributed by atoms with E-state index in [0.717, 1.165) is 4.88 Å². The Morgan fingerprint density at radius 2 is 2.58 bits per heavy atom. The maximum atomic E-state index is 10.5. The fraction of sp³-hybridized carbons (Fsp3) is 0.167. The van der Waals surface area contributed by atoms with Crippen molar-refractivity contribution in [2.24, 2.45) is 0 Å². The average Bonchev–Trinajstić information content (AvgIpc) is 2.63. The molecule has 0 unspecified atom stereocenters. The van der Waals surface area contributed by atoms with Crippen molar-refractivity contribution in [3.05, 3.63) is 33.0 Å². The number of hydrogen-bond donors (Lipinski definition) is 1. The fourth-order valence-electron chi connectivity index (χ4n) is 0.831. The van der Waals surface area contributed by atoms with Crippen LogP contribution in [0, 0.1) is 0 Å². The molecule has 0 spiro atoms. The number of nitrogens with zero attached hydrogens (tertiary/aromatic N) is 2. The summed E-state index contributed by atoms with van der Waals surface area (Å²) in [6.07, 6.45) is 2.30. The normalized spacial score (nSPS) is 10.3. The van der Waals surface area contributed by atoms with E-state index in [1.54, 1.807) is 11.7 Å². The van der Waals surface area contributed by atoms with E-state index in [1.165, 1.54) is 11.3 Å². The summed E-state index contributed by atoms with van der Waals surface area (Å²) in [5, 5.41) is 3.53. The zero-order chi connectivity index (χ0) is 8.39. The minimum atomic E-state index is -0.519. The van der Waals surface area contributed by atoms with Gasteiger partial charge in [0.1, 0.15) is 0 Å². The van der Waals surface area contributed by atoms with Gasteiger partial charge in [-0.15, -0.1) is 11.3 Å². The Balaban J connectivity index is 2.19. The first kappa shape index (κ1) is 7.23. The third kappa shape index (κ3) is 1.42. The largest absolute Gasteiger partial charge is 0.438 e. The molecular formula is C6H5N3O2S. The predicted molar refractivity (Wildman–Crippen MR) is 42.0 cm³/mol. The van der Waals surface area contributed by atoms with E-state index in [0.29, 0.717) is 12.2 Å². The molecule has 0 fully saturated rings. The molecule has 5 nitrogen and oxygen atoms in total. The van der Waals surface area contributed by atoms with Crippen LogP contribution in [0.5, 0.6) is 0 Å². The van der Waals surface area contributed by atoms with Gasteiger partial charge in [-0.25, -0.2) is 4.79 Å². The molecule has 62 valence electrons. The van der Waals surface area contributed by atoms with E-state index in [-0.39, 0.29) is 0 Å². The third-order valence-electron chi connectivity index (χ3n) is 1.31. The summed E-state index contributed by atoms with van der Waals surface area (Å²) in [6.45, 7) is 0. The lowest BCUT2D eigenvalue weighted by Gasteiger charge is -1.85. The Bertz CT molecular complexity index is 402. The van der Waals surface area contributed by atoms with E-state index in [9.17, 15) is 4.79 Å². The van der Waals surface area contributed by atoms with Crippen LogP contribution in [0.15, 0.2) is 21.0 Å². The first-order chi connectivity index (χ1) is 5.84. The van der Waals surface area contributed by atoms with Crippen molar-refractivity contribution < 1.29 is 4.52 Å². The van der Waals surface area contributed by atoms with Crippen molar-refractivity contribution in [3.8, 4) is 0 Å². The monoisotopic (exact) mass is 183 g/mol. The number of nitrogens with one attached hydrogen (secondary N) is 1. The van der Waals surface area contributed by atoms with Crippen molar-refractivity contribution in [3.63, 3.8) is 0 Å². The Labute approximate surface area is 71.1 Å². The van der Waals surface area contributed by atoms with Crippen LogP contribution >= 0.6 is 11.3 Å². The van der Waals surface area contributed by atoms with Crippen LogP contribution in [0.3, 0.4) is 0 Å². The molecule has 0 bridgehead atoms. The quantitative estimate of drug-likeness (QED) is 0.731. The maximum absolute atomic E-state index is 10.5. The Morgan fingerprint density at radius 3 is 3.17 bits per heavy atom. The second kappa shape index (κ2) is 2.90. The molecule has 0 aliphatic carbocycles. The van der Waals surface area contributed by atoms with Gasteiger partial charge in [-0.2, -0.15) is 0 Å². The van der Waals surface area contributed by atoms with Gasteiger partial charge in [-0.1, -0.05) is 5.16 Å². The van der Waals surface area contributed by atoms with Crippen molar-refractivity contribution in [2.75, 3.05) is 0 Å². The lowest BCUT2D eigenvalue weighted by Crippen LogP contribution is -1.97. The molecule has 0 aliphatic rings. The summed E-state index contributed by atoms with van der Waals surface area (Å²) in [7, 11) is 0. The van der Waals surface area contributed by atoms with Crippen molar-refractivity contribution in [2.45, 2.75) is 6.42 Å². The number of aromatic nitrogens is 3. The molecule has 1 N–H and O–H groups in total. The van der Waals surface area contributed by atoms with Gasteiger partial charge in [-0.3, -0.25) is 14.5 Å². The highest BCUT2D eigenvalue weighted by Gasteiger charge is 2.02. The van der Waals surface area contributed by atoms with Crippen LogP contribution in [0.25, 0.3) is 0 Å². The SMILES string of the molecule is O=c1[nH]c(Cc2cncs2)no1. The summed E-state index contributed by atoms with van der Waals surface area (Å²) in [6, 6.07) is 0. The van der Waals surface area contributed by atoms with E-state index in [2.05, 4.69) is 19.6 Å². The molecule has 0 amide bonds. The van der Waals surface area contributed by atoms with Gasteiger partial charge < -0.3 is 0 Å². The maximum Gasteiger partial charge on any atom is 0.438 e. The highest BCUT2D eigenvalue weighted by Crippen LogP contribution is 2.08. The lowest BCUT2D eigenvalue weighted by atomic mass is 10.4. The van der Waals surface area contributed by atoms with Gasteiger partial charge in [0.25, 0.3) is 0 Å². The average molecular weight is 183 g/mol. The molecular weight excluding hydrogens is 178 g/mol. The molecule has 12 heavy (non-hydrogen) atoms. The zero-order valence-corrected chi connectivity index (χ0v) is 6.80. The third-order valence-corrected chi connectivity index (χ3v) is 2.09. The molecule has 0 saturated heterocycles. The zero-order valence-electron chi connectivity index (χ0n) is 5.98.